The molecule has 0 unspecified atom stereocenters. The van der Waals surface area contributed by atoms with Gasteiger partial charge in [-0.15, -0.1) is 0 Å². The summed E-state index contributed by atoms with van der Waals surface area (Å²) in [5.41, 5.74) is 0. The van der Waals surface area contributed by atoms with E-state index in [0.717, 1.165) is 12.8 Å². The SMILES string of the molecule is O=S(=O)(c1ccccc1)[C@H](Br)CNC1CCCCC1. The van der Waals surface area contributed by atoms with Crippen molar-refractivity contribution in [2.45, 2.75) is 47.2 Å². The molecule has 5 heteroatoms. The van der Waals surface area contributed by atoms with E-state index in [9.17, 15) is 8.42 Å². The van der Waals surface area contributed by atoms with Crippen LogP contribution in [0.1, 0.15) is 32.1 Å². The van der Waals surface area contributed by atoms with Crippen molar-refractivity contribution < 1.29 is 8.42 Å². The molecule has 0 heterocycles. The van der Waals surface area contributed by atoms with Crippen molar-refractivity contribution in [1.82, 2.24) is 5.32 Å². The Labute approximate surface area is 123 Å². The maximum absolute atomic E-state index is 12.3. The minimum Gasteiger partial charge on any atom is -0.312 e. The summed E-state index contributed by atoms with van der Waals surface area (Å²) in [6.45, 7) is 0.460. The molecular formula is C14H20BrNO2S. The van der Waals surface area contributed by atoms with E-state index in [1.165, 1.54) is 19.3 Å². The molecule has 1 aromatic carbocycles. The third kappa shape index (κ3) is 4.04. The van der Waals surface area contributed by atoms with Gasteiger partial charge < -0.3 is 5.32 Å². The third-order valence-corrected chi connectivity index (χ3v) is 7.15. The van der Waals surface area contributed by atoms with Crippen LogP contribution in [0.25, 0.3) is 0 Å². The van der Waals surface area contributed by atoms with Crippen LogP contribution >= 0.6 is 15.9 Å². The van der Waals surface area contributed by atoms with Crippen LogP contribution in [0.5, 0.6) is 0 Å². The molecule has 1 aliphatic carbocycles. The summed E-state index contributed by atoms with van der Waals surface area (Å²) in [7, 11) is -3.29. The van der Waals surface area contributed by atoms with Crippen molar-refractivity contribution in [2.75, 3.05) is 6.54 Å². The van der Waals surface area contributed by atoms with Crippen molar-refractivity contribution in [2.24, 2.45) is 0 Å². The lowest BCUT2D eigenvalue weighted by Crippen LogP contribution is -2.37. The molecule has 106 valence electrons. The van der Waals surface area contributed by atoms with Crippen LogP contribution in [0.15, 0.2) is 35.2 Å². The Bertz CT molecular complexity index is 483. The maximum Gasteiger partial charge on any atom is 0.192 e. The van der Waals surface area contributed by atoms with Gasteiger partial charge in [-0.1, -0.05) is 53.4 Å². The summed E-state index contributed by atoms with van der Waals surface area (Å²) in [5, 5.41) is 3.37. The predicted octanol–water partition coefficient (Wildman–Crippen LogP) is 3.10. The molecule has 1 atom stereocenters. The molecule has 1 N–H and O–H groups in total. The number of hydrogen-bond donors (Lipinski definition) is 1. The highest BCUT2D eigenvalue weighted by Gasteiger charge is 2.25. The van der Waals surface area contributed by atoms with E-state index in [4.69, 9.17) is 0 Å². The van der Waals surface area contributed by atoms with E-state index in [1.807, 2.05) is 6.07 Å². The Morgan fingerprint density at radius 1 is 1.16 bits per heavy atom. The quantitative estimate of drug-likeness (QED) is 0.834. The van der Waals surface area contributed by atoms with Gasteiger partial charge in [-0.05, 0) is 25.0 Å². The van der Waals surface area contributed by atoms with Crippen molar-refractivity contribution in [3.8, 4) is 0 Å². The summed E-state index contributed by atoms with van der Waals surface area (Å²) in [6, 6.07) is 9.08. The summed E-state index contributed by atoms with van der Waals surface area (Å²) >= 11 is 3.31. The first-order chi connectivity index (χ1) is 9.10. The first-order valence-corrected chi connectivity index (χ1v) is 9.23. The lowest BCUT2D eigenvalue weighted by molar-refractivity contribution is 0.379. The van der Waals surface area contributed by atoms with Gasteiger partial charge in [0.1, 0.15) is 4.16 Å². The number of sulfone groups is 1. The minimum atomic E-state index is -3.29. The first kappa shape index (κ1) is 15.0. The minimum absolute atomic E-state index is 0.377. The van der Waals surface area contributed by atoms with Gasteiger partial charge in [0.15, 0.2) is 9.84 Å². The Morgan fingerprint density at radius 3 is 2.42 bits per heavy atom. The Hall–Kier alpha value is -0.390. The zero-order valence-corrected chi connectivity index (χ0v) is 13.3. The topological polar surface area (TPSA) is 46.2 Å². The van der Waals surface area contributed by atoms with Gasteiger partial charge in [-0.2, -0.15) is 0 Å². The van der Waals surface area contributed by atoms with E-state index in [2.05, 4.69) is 21.2 Å². The zero-order chi connectivity index (χ0) is 13.7. The van der Waals surface area contributed by atoms with E-state index in [-0.39, 0.29) is 0 Å². The molecule has 2 rings (SSSR count). The highest BCUT2D eigenvalue weighted by molar-refractivity contribution is 9.11. The van der Waals surface area contributed by atoms with E-state index >= 15 is 0 Å². The molecule has 0 amide bonds. The highest BCUT2D eigenvalue weighted by atomic mass is 79.9. The molecule has 1 aliphatic rings. The van der Waals surface area contributed by atoms with Crippen LogP contribution in [-0.2, 0) is 9.84 Å². The van der Waals surface area contributed by atoms with Crippen LogP contribution in [-0.4, -0.2) is 25.2 Å². The normalized spacial score (nSPS) is 19.2. The lowest BCUT2D eigenvalue weighted by atomic mass is 9.96. The summed E-state index contributed by atoms with van der Waals surface area (Å²) in [6.07, 6.45) is 6.11. The molecule has 0 spiro atoms. The van der Waals surface area contributed by atoms with Gasteiger partial charge in [-0.25, -0.2) is 8.42 Å². The van der Waals surface area contributed by atoms with Crippen molar-refractivity contribution in [1.29, 1.82) is 0 Å². The fourth-order valence-corrected chi connectivity index (χ4v) is 4.42. The Morgan fingerprint density at radius 2 is 1.79 bits per heavy atom. The van der Waals surface area contributed by atoms with Crippen LogP contribution in [0.3, 0.4) is 0 Å². The second kappa shape index (κ2) is 6.86. The van der Waals surface area contributed by atoms with Crippen LogP contribution in [0.2, 0.25) is 0 Å². The molecule has 0 aromatic heterocycles. The van der Waals surface area contributed by atoms with Gasteiger partial charge in [0.2, 0.25) is 0 Å². The highest BCUT2D eigenvalue weighted by Crippen LogP contribution is 2.21. The molecule has 1 aromatic rings. The van der Waals surface area contributed by atoms with Crippen molar-refractivity contribution >= 4 is 25.8 Å². The monoisotopic (exact) mass is 345 g/mol. The molecule has 1 fully saturated rings. The summed E-state index contributed by atoms with van der Waals surface area (Å²) < 4.78 is 24.1. The summed E-state index contributed by atoms with van der Waals surface area (Å²) in [5.74, 6) is 0. The molecular weight excluding hydrogens is 326 g/mol. The number of rotatable bonds is 5. The standard InChI is InChI=1S/C14H20BrNO2S/c15-14(11-16-12-7-3-1-4-8-12)19(17,18)13-9-5-2-6-10-13/h2,5-6,9-10,12,14,16H,1,3-4,7-8,11H2/t14-/m0/s1. The average Bonchev–Trinajstić information content (AvgIpc) is 2.46. The van der Waals surface area contributed by atoms with Gasteiger partial charge in [-0.3, -0.25) is 0 Å². The Kier molecular flexibility index (Phi) is 5.42. The zero-order valence-electron chi connectivity index (χ0n) is 10.9. The van der Waals surface area contributed by atoms with Crippen LogP contribution < -0.4 is 5.32 Å². The number of nitrogens with one attached hydrogen (secondary N) is 1. The summed E-state index contributed by atoms with van der Waals surface area (Å²) in [4.78, 5) is 0.377. The van der Waals surface area contributed by atoms with Crippen LogP contribution in [0, 0.1) is 0 Å². The number of hydrogen-bond acceptors (Lipinski definition) is 3. The van der Waals surface area contributed by atoms with Gasteiger partial charge in [0.25, 0.3) is 0 Å². The maximum atomic E-state index is 12.3. The number of halogens is 1. The van der Waals surface area contributed by atoms with E-state index in [0.29, 0.717) is 17.5 Å². The van der Waals surface area contributed by atoms with Crippen molar-refractivity contribution in [3.05, 3.63) is 30.3 Å². The second-order valence-corrected chi connectivity index (χ2v) is 8.85. The van der Waals surface area contributed by atoms with Gasteiger partial charge in [0.05, 0.1) is 4.90 Å². The van der Waals surface area contributed by atoms with Gasteiger partial charge >= 0.3 is 0 Å². The molecule has 3 nitrogen and oxygen atoms in total. The number of alkyl halides is 1. The fourth-order valence-electron chi connectivity index (χ4n) is 2.43. The fraction of sp³-hybridized carbons (Fsp3) is 0.571. The van der Waals surface area contributed by atoms with E-state index in [1.54, 1.807) is 24.3 Å². The average molecular weight is 346 g/mol. The Balaban J connectivity index is 1.93. The second-order valence-electron chi connectivity index (χ2n) is 5.01. The lowest BCUT2D eigenvalue weighted by Gasteiger charge is -2.24. The van der Waals surface area contributed by atoms with Crippen molar-refractivity contribution in [3.63, 3.8) is 0 Å². The first-order valence-electron chi connectivity index (χ1n) is 6.77. The van der Waals surface area contributed by atoms with Gasteiger partial charge in [0, 0.05) is 12.6 Å². The molecule has 0 aliphatic heterocycles. The molecule has 1 saturated carbocycles. The third-order valence-electron chi connectivity index (χ3n) is 3.58. The number of benzene rings is 1. The smallest absolute Gasteiger partial charge is 0.192 e. The largest absolute Gasteiger partial charge is 0.312 e. The van der Waals surface area contributed by atoms with E-state index < -0.39 is 14.0 Å². The van der Waals surface area contributed by atoms with Crippen LogP contribution in [0.4, 0.5) is 0 Å². The molecule has 0 radical (unpaired) electrons. The molecule has 0 bridgehead atoms. The predicted molar refractivity (Wildman–Crippen MR) is 81.2 cm³/mol. The molecule has 19 heavy (non-hydrogen) atoms. The molecule has 0 saturated heterocycles.